The lowest BCUT2D eigenvalue weighted by Gasteiger charge is -2.29. The Labute approximate surface area is 126 Å². The van der Waals surface area contributed by atoms with Crippen LogP contribution in [0.2, 0.25) is 0 Å². The van der Waals surface area contributed by atoms with Crippen molar-refractivity contribution in [2.45, 2.75) is 38.8 Å². The highest BCUT2D eigenvalue weighted by molar-refractivity contribution is 5.80. The summed E-state index contributed by atoms with van der Waals surface area (Å²) in [6.45, 7) is 5.90. The van der Waals surface area contributed by atoms with Gasteiger partial charge in [-0.2, -0.15) is 0 Å². The number of hydrogen-bond acceptors (Lipinski definition) is 5. The van der Waals surface area contributed by atoms with E-state index in [1.54, 1.807) is 21.1 Å². The van der Waals surface area contributed by atoms with Crippen molar-refractivity contribution in [2.24, 2.45) is 0 Å². The first-order valence-corrected chi connectivity index (χ1v) is 7.12. The van der Waals surface area contributed by atoms with Gasteiger partial charge in [-0.1, -0.05) is 6.07 Å². The van der Waals surface area contributed by atoms with Crippen LogP contribution in [0.25, 0.3) is 0 Å². The molecule has 0 aliphatic rings. The van der Waals surface area contributed by atoms with E-state index in [0.29, 0.717) is 18.8 Å². The van der Waals surface area contributed by atoms with E-state index in [0.717, 1.165) is 5.75 Å². The van der Waals surface area contributed by atoms with Crippen LogP contribution in [0.1, 0.15) is 27.2 Å². The predicted molar refractivity (Wildman–Crippen MR) is 81.8 cm³/mol. The van der Waals surface area contributed by atoms with Crippen molar-refractivity contribution in [3.05, 3.63) is 24.3 Å². The summed E-state index contributed by atoms with van der Waals surface area (Å²) in [5.41, 5.74) is -0.770. The van der Waals surface area contributed by atoms with Gasteiger partial charge in [0.1, 0.15) is 17.0 Å². The summed E-state index contributed by atoms with van der Waals surface area (Å²) in [5, 5.41) is 3.02. The number of carbonyl (C=O) groups excluding carboxylic acids is 1. The zero-order valence-electron chi connectivity index (χ0n) is 13.4. The minimum atomic E-state index is -0.770. The molecule has 118 valence electrons. The largest absolute Gasteiger partial charge is 0.497 e. The maximum absolute atomic E-state index is 12.0. The van der Waals surface area contributed by atoms with E-state index in [1.807, 2.05) is 38.1 Å². The summed E-state index contributed by atoms with van der Waals surface area (Å²) in [7, 11) is 3.36. The number of esters is 1. The Morgan fingerprint density at radius 1 is 1.38 bits per heavy atom. The Kier molecular flexibility index (Phi) is 6.49. The molecule has 1 aromatic carbocycles. The lowest BCUT2D eigenvalue weighted by Crippen LogP contribution is -2.51. The van der Waals surface area contributed by atoms with Gasteiger partial charge < -0.3 is 19.5 Å². The Hall–Kier alpha value is -1.75. The third-order valence-electron chi connectivity index (χ3n) is 3.35. The molecule has 0 heterocycles. The second-order valence-corrected chi connectivity index (χ2v) is 5.11. The molecule has 0 saturated heterocycles. The molecule has 5 heteroatoms. The molecule has 2 atom stereocenters. The SMILES string of the molecule is CCOC(=O)C(C)(CC(C)Oc1cccc(OC)c1)NC. The van der Waals surface area contributed by atoms with Gasteiger partial charge >= 0.3 is 5.97 Å². The Bertz CT molecular complexity index is 463. The average Bonchev–Trinajstić information content (AvgIpc) is 2.47. The van der Waals surface area contributed by atoms with Gasteiger partial charge in [0, 0.05) is 12.5 Å². The molecule has 2 unspecified atom stereocenters. The van der Waals surface area contributed by atoms with Crippen molar-refractivity contribution in [3.8, 4) is 11.5 Å². The molecule has 1 aromatic rings. The standard InChI is InChI=1S/C16H25NO4/c1-6-20-15(18)16(3,17-4)11-12(2)21-14-9-7-8-13(10-14)19-5/h7-10,12,17H,6,11H2,1-5H3. The van der Waals surface area contributed by atoms with Gasteiger partial charge in [-0.3, -0.25) is 4.79 Å². The minimum absolute atomic E-state index is 0.154. The quantitative estimate of drug-likeness (QED) is 0.746. The minimum Gasteiger partial charge on any atom is -0.497 e. The Balaban J connectivity index is 2.69. The normalized spacial score (nSPS) is 14.9. The van der Waals surface area contributed by atoms with Gasteiger partial charge in [-0.25, -0.2) is 0 Å². The van der Waals surface area contributed by atoms with Gasteiger partial charge in [0.15, 0.2) is 0 Å². The van der Waals surface area contributed by atoms with Crippen molar-refractivity contribution in [3.63, 3.8) is 0 Å². The highest BCUT2D eigenvalue weighted by atomic mass is 16.5. The molecule has 0 saturated carbocycles. The van der Waals surface area contributed by atoms with Crippen LogP contribution in [0.3, 0.4) is 0 Å². The molecular weight excluding hydrogens is 270 g/mol. The number of hydrogen-bond donors (Lipinski definition) is 1. The maximum atomic E-state index is 12.0. The molecule has 1 N–H and O–H groups in total. The number of rotatable bonds is 8. The van der Waals surface area contributed by atoms with Gasteiger partial charge in [-0.15, -0.1) is 0 Å². The topological polar surface area (TPSA) is 56.8 Å². The van der Waals surface area contributed by atoms with Crippen LogP contribution >= 0.6 is 0 Å². The second kappa shape index (κ2) is 7.88. The van der Waals surface area contributed by atoms with Crippen LogP contribution in [0.4, 0.5) is 0 Å². The molecule has 5 nitrogen and oxygen atoms in total. The van der Waals surface area contributed by atoms with Gasteiger partial charge in [0.25, 0.3) is 0 Å². The van der Waals surface area contributed by atoms with E-state index in [1.165, 1.54) is 0 Å². The predicted octanol–water partition coefficient (Wildman–Crippen LogP) is 2.39. The van der Waals surface area contributed by atoms with Crippen LogP contribution in [-0.4, -0.2) is 38.4 Å². The average molecular weight is 295 g/mol. The van der Waals surface area contributed by atoms with E-state index >= 15 is 0 Å². The molecule has 0 aliphatic heterocycles. The van der Waals surface area contributed by atoms with E-state index in [4.69, 9.17) is 14.2 Å². The van der Waals surface area contributed by atoms with Crippen molar-refractivity contribution in [1.29, 1.82) is 0 Å². The second-order valence-electron chi connectivity index (χ2n) is 5.11. The number of benzene rings is 1. The smallest absolute Gasteiger partial charge is 0.326 e. The third kappa shape index (κ3) is 4.93. The van der Waals surface area contributed by atoms with Gasteiger partial charge in [-0.05, 0) is 40.0 Å². The maximum Gasteiger partial charge on any atom is 0.326 e. The molecule has 0 amide bonds. The van der Waals surface area contributed by atoms with Crippen molar-refractivity contribution in [2.75, 3.05) is 20.8 Å². The molecule has 0 bridgehead atoms. The molecular formula is C16H25NO4. The van der Waals surface area contributed by atoms with Crippen LogP contribution in [0.5, 0.6) is 11.5 Å². The summed E-state index contributed by atoms with van der Waals surface area (Å²) in [6.07, 6.45) is 0.346. The number of methoxy groups -OCH3 is 1. The van der Waals surface area contributed by atoms with E-state index in [2.05, 4.69) is 5.32 Å². The van der Waals surface area contributed by atoms with E-state index in [9.17, 15) is 4.79 Å². The molecule has 0 aromatic heterocycles. The fourth-order valence-electron chi connectivity index (χ4n) is 2.10. The van der Waals surface area contributed by atoms with Gasteiger partial charge in [0.2, 0.25) is 0 Å². The third-order valence-corrected chi connectivity index (χ3v) is 3.35. The van der Waals surface area contributed by atoms with Crippen LogP contribution < -0.4 is 14.8 Å². The fourth-order valence-corrected chi connectivity index (χ4v) is 2.10. The zero-order chi connectivity index (χ0) is 15.9. The van der Waals surface area contributed by atoms with Crippen LogP contribution in [-0.2, 0) is 9.53 Å². The van der Waals surface area contributed by atoms with Crippen LogP contribution in [0.15, 0.2) is 24.3 Å². The monoisotopic (exact) mass is 295 g/mol. The van der Waals surface area contributed by atoms with E-state index < -0.39 is 5.54 Å². The summed E-state index contributed by atoms with van der Waals surface area (Å²) in [5.74, 6) is 1.18. The molecule has 0 aliphatic carbocycles. The number of likely N-dealkylation sites (N-methyl/N-ethyl adjacent to an activating group) is 1. The summed E-state index contributed by atoms with van der Waals surface area (Å²) in [6, 6.07) is 7.40. The first kappa shape index (κ1) is 17.3. The van der Waals surface area contributed by atoms with Crippen molar-refractivity contribution < 1.29 is 19.0 Å². The lowest BCUT2D eigenvalue weighted by atomic mass is 9.95. The number of nitrogens with one attached hydrogen (secondary N) is 1. The fraction of sp³-hybridized carbons (Fsp3) is 0.562. The summed E-state index contributed by atoms with van der Waals surface area (Å²) < 4.78 is 16.1. The van der Waals surface area contributed by atoms with Crippen molar-refractivity contribution >= 4 is 5.97 Å². The highest BCUT2D eigenvalue weighted by Crippen LogP contribution is 2.23. The molecule has 1 rings (SSSR count). The molecule has 0 radical (unpaired) electrons. The highest BCUT2D eigenvalue weighted by Gasteiger charge is 2.35. The number of carbonyl (C=O) groups is 1. The summed E-state index contributed by atoms with van der Waals surface area (Å²) >= 11 is 0. The first-order chi connectivity index (χ1) is 9.95. The summed E-state index contributed by atoms with van der Waals surface area (Å²) in [4.78, 5) is 12.0. The lowest BCUT2D eigenvalue weighted by molar-refractivity contribution is -0.151. The number of ether oxygens (including phenoxy) is 3. The van der Waals surface area contributed by atoms with Gasteiger partial charge in [0.05, 0.1) is 19.8 Å². The zero-order valence-corrected chi connectivity index (χ0v) is 13.4. The van der Waals surface area contributed by atoms with E-state index in [-0.39, 0.29) is 12.1 Å². The Morgan fingerprint density at radius 2 is 2.05 bits per heavy atom. The molecule has 0 fully saturated rings. The first-order valence-electron chi connectivity index (χ1n) is 7.12. The Morgan fingerprint density at radius 3 is 2.62 bits per heavy atom. The molecule has 0 spiro atoms. The van der Waals surface area contributed by atoms with Crippen molar-refractivity contribution in [1.82, 2.24) is 5.32 Å². The molecule has 21 heavy (non-hydrogen) atoms. The van der Waals surface area contributed by atoms with Crippen LogP contribution in [0, 0.1) is 0 Å².